The van der Waals surface area contributed by atoms with Crippen molar-refractivity contribution in [2.24, 2.45) is 5.73 Å². The first-order valence-electron chi connectivity index (χ1n) is 3.97. The lowest BCUT2D eigenvalue weighted by atomic mass is 10.1. The van der Waals surface area contributed by atoms with Crippen molar-refractivity contribution in [3.63, 3.8) is 0 Å². The van der Waals surface area contributed by atoms with Crippen LogP contribution in [0.5, 0.6) is 0 Å². The standard InChI is InChI=1S/C9H8ClF2N/c10-8-6(9(13)1-2-9)3-5(11)4-7(8)12/h3-4H,1-2,13H2. The van der Waals surface area contributed by atoms with Crippen LogP contribution in [0.3, 0.4) is 0 Å². The molecule has 0 spiro atoms. The van der Waals surface area contributed by atoms with Gasteiger partial charge in [-0.15, -0.1) is 0 Å². The molecule has 1 aromatic rings. The van der Waals surface area contributed by atoms with E-state index >= 15 is 0 Å². The van der Waals surface area contributed by atoms with Gasteiger partial charge in [-0.2, -0.15) is 0 Å². The molecule has 0 atom stereocenters. The molecular formula is C9H8ClF2N. The van der Waals surface area contributed by atoms with Gasteiger partial charge >= 0.3 is 0 Å². The Hall–Kier alpha value is -0.670. The van der Waals surface area contributed by atoms with Crippen LogP contribution < -0.4 is 5.73 Å². The summed E-state index contributed by atoms with van der Waals surface area (Å²) >= 11 is 5.67. The molecule has 0 aliphatic heterocycles. The van der Waals surface area contributed by atoms with Gasteiger partial charge in [0.2, 0.25) is 0 Å². The minimum Gasteiger partial charge on any atom is -0.321 e. The van der Waals surface area contributed by atoms with E-state index in [1.165, 1.54) is 6.07 Å². The third kappa shape index (κ3) is 1.42. The van der Waals surface area contributed by atoms with Gasteiger partial charge in [0, 0.05) is 11.6 Å². The minimum absolute atomic E-state index is 0.0543. The molecule has 1 aliphatic carbocycles. The van der Waals surface area contributed by atoms with E-state index in [-0.39, 0.29) is 5.02 Å². The summed E-state index contributed by atoms with van der Waals surface area (Å²) in [6, 6.07) is 1.97. The molecule has 0 unspecified atom stereocenters. The summed E-state index contributed by atoms with van der Waals surface area (Å²) in [5, 5.41) is -0.0543. The average Bonchev–Trinajstić information content (AvgIpc) is 2.77. The maximum atomic E-state index is 13.0. The third-order valence-electron chi connectivity index (χ3n) is 2.32. The highest BCUT2D eigenvalue weighted by molar-refractivity contribution is 6.31. The molecule has 13 heavy (non-hydrogen) atoms. The lowest BCUT2D eigenvalue weighted by Gasteiger charge is -2.11. The van der Waals surface area contributed by atoms with Crippen molar-refractivity contribution in [1.29, 1.82) is 0 Å². The Balaban J connectivity index is 2.56. The summed E-state index contributed by atoms with van der Waals surface area (Å²) < 4.78 is 25.8. The molecule has 1 aliphatic rings. The number of hydrogen-bond donors (Lipinski definition) is 1. The average molecular weight is 204 g/mol. The van der Waals surface area contributed by atoms with Gasteiger partial charge < -0.3 is 5.73 Å². The van der Waals surface area contributed by atoms with E-state index in [4.69, 9.17) is 17.3 Å². The summed E-state index contributed by atoms with van der Waals surface area (Å²) in [7, 11) is 0. The van der Waals surface area contributed by atoms with Crippen molar-refractivity contribution in [2.75, 3.05) is 0 Å². The van der Waals surface area contributed by atoms with Gasteiger partial charge in [-0.25, -0.2) is 8.78 Å². The van der Waals surface area contributed by atoms with Crippen LogP contribution in [0.4, 0.5) is 8.78 Å². The Morgan fingerprint density at radius 2 is 1.92 bits per heavy atom. The smallest absolute Gasteiger partial charge is 0.145 e. The topological polar surface area (TPSA) is 26.0 Å². The molecule has 2 N–H and O–H groups in total. The van der Waals surface area contributed by atoms with E-state index in [1.54, 1.807) is 0 Å². The molecule has 0 radical (unpaired) electrons. The lowest BCUT2D eigenvalue weighted by Crippen LogP contribution is -2.19. The Kier molecular flexibility index (Phi) is 1.82. The van der Waals surface area contributed by atoms with Crippen LogP contribution in [0.15, 0.2) is 12.1 Å². The molecule has 4 heteroatoms. The first-order valence-corrected chi connectivity index (χ1v) is 4.35. The van der Waals surface area contributed by atoms with E-state index in [2.05, 4.69) is 0 Å². The lowest BCUT2D eigenvalue weighted by molar-refractivity contribution is 0.572. The first-order chi connectivity index (χ1) is 6.03. The normalized spacial score (nSPS) is 18.8. The molecular weight excluding hydrogens is 196 g/mol. The van der Waals surface area contributed by atoms with Crippen molar-refractivity contribution >= 4 is 11.6 Å². The van der Waals surface area contributed by atoms with E-state index < -0.39 is 17.2 Å². The monoisotopic (exact) mass is 203 g/mol. The zero-order chi connectivity index (χ0) is 9.64. The fourth-order valence-corrected chi connectivity index (χ4v) is 1.62. The van der Waals surface area contributed by atoms with Crippen LogP contribution >= 0.6 is 11.6 Å². The first kappa shape index (κ1) is 8.91. The van der Waals surface area contributed by atoms with Crippen LogP contribution in [-0.2, 0) is 5.54 Å². The van der Waals surface area contributed by atoms with Gasteiger partial charge in [0.1, 0.15) is 11.6 Å². The van der Waals surface area contributed by atoms with Crippen molar-refractivity contribution in [3.8, 4) is 0 Å². The van der Waals surface area contributed by atoms with Crippen molar-refractivity contribution in [3.05, 3.63) is 34.4 Å². The van der Waals surface area contributed by atoms with Crippen LogP contribution in [0.2, 0.25) is 5.02 Å². The Morgan fingerprint density at radius 3 is 2.46 bits per heavy atom. The van der Waals surface area contributed by atoms with Crippen LogP contribution in [-0.4, -0.2) is 0 Å². The van der Waals surface area contributed by atoms with Crippen molar-refractivity contribution in [2.45, 2.75) is 18.4 Å². The van der Waals surface area contributed by atoms with E-state index in [9.17, 15) is 8.78 Å². The van der Waals surface area contributed by atoms with Gasteiger partial charge in [-0.1, -0.05) is 11.6 Å². The second-order valence-electron chi connectivity index (χ2n) is 3.41. The van der Waals surface area contributed by atoms with Crippen molar-refractivity contribution < 1.29 is 8.78 Å². The molecule has 0 aromatic heterocycles. The zero-order valence-corrected chi connectivity index (χ0v) is 7.54. The number of benzene rings is 1. The second kappa shape index (κ2) is 2.66. The Bertz CT molecular complexity index is 361. The Labute approximate surface area is 79.5 Å². The number of halogens is 3. The van der Waals surface area contributed by atoms with Crippen LogP contribution in [0, 0.1) is 11.6 Å². The maximum Gasteiger partial charge on any atom is 0.145 e. The molecule has 1 saturated carbocycles. The number of hydrogen-bond acceptors (Lipinski definition) is 1. The highest BCUT2D eigenvalue weighted by Gasteiger charge is 2.42. The van der Waals surface area contributed by atoms with Crippen molar-refractivity contribution in [1.82, 2.24) is 0 Å². The van der Waals surface area contributed by atoms with E-state index in [0.29, 0.717) is 5.56 Å². The fraction of sp³-hybridized carbons (Fsp3) is 0.333. The summed E-state index contributed by atoms with van der Waals surface area (Å²) in [5.74, 6) is -1.37. The summed E-state index contributed by atoms with van der Waals surface area (Å²) in [4.78, 5) is 0. The predicted octanol–water partition coefficient (Wildman–Crippen LogP) is 2.57. The largest absolute Gasteiger partial charge is 0.321 e. The third-order valence-corrected chi connectivity index (χ3v) is 2.70. The molecule has 0 heterocycles. The van der Waals surface area contributed by atoms with Gasteiger partial charge in [0.25, 0.3) is 0 Å². The second-order valence-corrected chi connectivity index (χ2v) is 3.78. The molecule has 0 saturated heterocycles. The van der Waals surface area contributed by atoms with Gasteiger partial charge in [-0.05, 0) is 24.5 Å². The zero-order valence-electron chi connectivity index (χ0n) is 6.78. The molecule has 70 valence electrons. The molecule has 2 rings (SSSR count). The predicted molar refractivity (Wildman–Crippen MR) is 46.5 cm³/mol. The maximum absolute atomic E-state index is 13.0. The van der Waals surface area contributed by atoms with Gasteiger partial charge in [-0.3, -0.25) is 0 Å². The quantitative estimate of drug-likeness (QED) is 0.698. The molecule has 1 fully saturated rings. The number of rotatable bonds is 1. The molecule has 0 bridgehead atoms. The van der Waals surface area contributed by atoms with Gasteiger partial charge in [0.15, 0.2) is 0 Å². The minimum atomic E-state index is -0.742. The summed E-state index contributed by atoms with van der Waals surface area (Å²) in [6.45, 7) is 0. The summed E-state index contributed by atoms with van der Waals surface area (Å²) in [5.41, 5.74) is 5.57. The van der Waals surface area contributed by atoms with Crippen LogP contribution in [0.1, 0.15) is 18.4 Å². The van der Waals surface area contributed by atoms with Gasteiger partial charge in [0.05, 0.1) is 5.02 Å². The highest BCUT2D eigenvalue weighted by atomic mass is 35.5. The fourth-order valence-electron chi connectivity index (χ4n) is 1.32. The highest BCUT2D eigenvalue weighted by Crippen LogP contribution is 2.46. The van der Waals surface area contributed by atoms with E-state index in [0.717, 1.165) is 18.9 Å². The Morgan fingerprint density at radius 1 is 1.31 bits per heavy atom. The summed E-state index contributed by atoms with van der Waals surface area (Å²) in [6.07, 6.45) is 1.46. The molecule has 1 nitrogen and oxygen atoms in total. The van der Waals surface area contributed by atoms with E-state index in [1.807, 2.05) is 0 Å². The number of nitrogens with two attached hydrogens (primary N) is 1. The molecule has 0 amide bonds. The molecule has 1 aromatic carbocycles. The SMILES string of the molecule is NC1(c2cc(F)cc(F)c2Cl)CC1. The van der Waals surface area contributed by atoms with Crippen LogP contribution in [0.25, 0.3) is 0 Å².